The minimum atomic E-state index is -0.811. The molecule has 0 atom stereocenters. The number of benzene rings is 1. The maximum atomic E-state index is 13.6. The molecule has 138 valence electrons. The molecule has 1 aromatic carbocycles. The van der Waals surface area contributed by atoms with Gasteiger partial charge in [-0.15, -0.1) is 0 Å². The van der Waals surface area contributed by atoms with Gasteiger partial charge in [0.25, 0.3) is 0 Å². The van der Waals surface area contributed by atoms with Crippen LogP contribution in [0.3, 0.4) is 0 Å². The van der Waals surface area contributed by atoms with E-state index >= 15 is 0 Å². The van der Waals surface area contributed by atoms with Gasteiger partial charge < -0.3 is 15.2 Å². The zero-order valence-electron chi connectivity index (χ0n) is 14.2. The fraction of sp³-hybridized carbons (Fsp3) is 0.389. The van der Waals surface area contributed by atoms with Crippen LogP contribution in [-0.2, 0) is 9.59 Å². The van der Waals surface area contributed by atoms with Crippen LogP contribution < -0.4 is 10.6 Å². The highest BCUT2D eigenvalue weighted by Crippen LogP contribution is 2.31. The molecule has 1 aliphatic rings. The molecule has 2 N–H and O–H groups in total. The number of carbonyl (C=O) groups excluding carboxylic acids is 2. The van der Waals surface area contributed by atoms with Crippen LogP contribution >= 0.6 is 0 Å². The van der Waals surface area contributed by atoms with Crippen molar-refractivity contribution in [1.82, 2.24) is 5.16 Å². The first-order valence-corrected chi connectivity index (χ1v) is 8.43. The average Bonchev–Trinajstić information content (AvgIpc) is 3.03. The molecule has 0 spiro atoms. The number of rotatable bonds is 4. The fourth-order valence-electron chi connectivity index (χ4n) is 3.11. The third-order valence-electron chi connectivity index (χ3n) is 4.56. The van der Waals surface area contributed by atoms with Gasteiger partial charge in [0.05, 0.1) is 0 Å². The van der Waals surface area contributed by atoms with Crippen molar-refractivity contribution in [3.05, 3.63) is 41.7 Å². The molecule has 2 aromatic rings. The second-order valence-corrected chi connectivity index (χ2v) is 6.45. The number of halogens is 2. The van der Waals surface area contributed by atoms with Crippen molar-refractivity contribution in [2.75, 3.05) is 10.6 Å². The lowest BCUT2D eigenvalue weighted by molar-refractivity contribution is -0.125. The number of aryl methyl sites for hydroxylation is 1. The first-order chi connectivity index (χ1) is 12.4. The molecule has 1 heterocycles. The van der Waals surface area contributed by atoms with Crippen LogP contribution in [0.1, 0.15) is 31.4 Å². The summed E-state index contributed by atoms with van der Waals surface area (Å²) in [6.45, 7) is 1.73. The predicted molar refractivity (Wildman–Crippen MR) is 90.3 cm³/mol. The third kappa shape index (κ3) is 4.07. The average molecular weight is 363 g/mol. The van der Waals surface area contributed by atoms with Gasteiger partial charge >= 0.3 is 0 Å². The number of carbonyl (C=O) groups is 2. The topological polar surface area (TPSA) is 84.2 Å². The highest BCUT2D eigenvalue weighted by Gasteiger charge is 2.31. The van der Waals surface area contributed by atoms with Gasteiger partial charge in [0.2, 0.25) is 11.8 Å². The Bertz CT molecular complexity index is 794. The number of para-hydroxylation sites is 1. The number of aromatic nitrogens is 1. The summed E-state index contributed by atoms with van der Waals surface area (Å²) in [7, 11) is 0. The fourth-order valence-corrected chi connectivity index (χ4v) is 3.11. The van der Waals surface area contributed by atoms with E-state index in [0.717, 1.165) is 12.1 Å². The van der Waals surface area contributed by atoms with Crippen molar-refractivity contribution >= 4 is 23.3 Å². The van der Waals surface area contributed by atoms with Gasteiger partial charge in [0, 0.05) is 17.9 Å². The third-order valence-corrected chi connectivity index (χ3v) is 4.56. The van der Waals surface area contributed by atoms with E-state index in [4.69, 9.17) is 4.52 Å². The van der Waals surface area contributed by atoms with Crippen LogP contribution in [0.15, 0.2) is 28.8 Å². The van der Waals surface area contributed by atoms with Crippen LogP contribution in [0.25, 0.3) is 0 Å². The molecule has 3 rings (SSSR count). The van der Waals surface area contributed by atoms with E-state index < -0.39 is 23.2 Å². The van der Waals surface area contributed by atoms with E-state index in [2.05, 4.69) is 15.8 Å². The summed E-state index contributed by atoms with van der Waals surface area (Å²) in [4.78, 5) is 24.5. The highest BCUT2D eigenvalue weighted by atomic mass is 19.1. The van der Waals surface area contributed by atoms with E-state index in [1.54, 1.807) is 13.0 Å². The normalized spacial score (nSPS) is 19.8. The SMILES string of the molecule is Cc1cc(NC(=O)C2CCC(C(=O)Nc3c(F)cccc3F)CC2)no1. The molecule has 1 aliphatic carbocycles. The van der Waals surface area contributed by atoms with Gasteiger partial charge in [0.1, 0.15) is 23.1 Å². The number of hydrogen-bond acceptors (Lipinski definition) is 4. The first-order valence-electron chi connectivity index (χ1n) is 8.43. The van der Waals surface area contributed by atoms with Crippen LogP contribution in [0.4, 0.5) is 20.3 Å². The van der Waals surface area contributed by atoms with Gasteiger partial charge in [0.15, 0.2) is 5.82 Å². The van der Waals surface area contributed by atoms with Gasteiger partial charge in [-0.3, -0.25) is 9.59 Å². The van der Waals surface area contributed by atoms with Gasteiger partial charge in [-0.2, -0.15) is 0 Å². The lowest BCUT2D eigenvalue weighted by Gasteiger charge is -2.26. The molecule has 2 amide bonds. The summed E-state index contributed by atoms with van der Waals surface area (Å²) in [6.07, 6.45) is 1.97. The number of amides is 2. The molecule has 0 saturated heterocycles. The first kappa shape index (κ1) is 18.0. The summed E-state index contributed by atoms with van der Waals surface area (Å²) >= 11 is 0. The zero-order valence-corrected chi connectivity index (χ0v) is 14.2. The molecule has 0 bridgehead atoms. The number of nitrogens with one attached hydrogen (secondary N) is 2. The monoisotopic (exact) mass is 363 g/mol. The van der Waals surface area contributed by atoms with E-state index in [1.807, 2.05) is 0 Å². The minimum Gasteiger partial charge on any atom is -0.360 e. The van der Waals surface area contributed by atoms with E-state index in [-0.39, 0.29) is 17.7 Å². The largest absolute Gasteiger partial charge is 0.360 e. The second kappa shape index (κ2) is 7.63. The van der Waals surface area contributed by atoms with Crippen LogP contribution in [0.2, 0.25) is 0 Å². The van der Waals surface area contributed by atoms with Gasteiger partial charge in [-0.25, -0.2) is 8.78 Å². The molecule has 6 nitrogen and oxygen atoms in total. The summed E-state index contributed by atoms with van der Waals surface area (Å²) in [5, 5.41) is 8.73. The Kier molecular flexibility index (Phi) is 5.29. The lowest BCUT2D eigenvalue weighted by Crippen LogP contribution is -2.32. The van der Waals surface area contributed by atoms with Crippen molar-refractivity contribution in [3.8, 4) is 0 Å². The zero-order chi connectivity index (χ0) is 18.7. The van der Waals surface area contributed by atoms with Crippen molar-refractivity contribution in [2.24, 2.45) is 11.8 Å². The van der Waals surface area contributed by atoms with Gasteiger partial charge in [-0.1, -0.05) is 11.2 Å². The molecule has 26 heavy (non-hydrogen) atoms. The Morgan fingerprint density at radius 1 is 1.04 bits per heavy atom. The highest BCUT2D eigenvalue weighted by molar-refractivity contribution is 5.94. The maximum Gasteiger partial charge on any atom is 0.228 e. The minimum absolute atomic E-state index is 0.169. The van der Waals surface area contributed by atoms with Crippen LogP contribution in [0.5, 0.6) is 0 Å². The lowest BCUT2D eigenvalue weighted by atomic mass is 9.81. The quantitative estimate of drug-likeness (QED) is 0.868. The van der Waals surface area contributed by atoms with Crippen molar-refractivity contribution in [1.29, 1.82) is 0 Å². The Morgan fingerprint density at radius 2 is 1.58 bits per heavy atom. The summed E-state index contributed by atoms with van der Waals surface area (Å²) < 4.78 is 32.2. The molecule has 0 unspecified atom stereocenters. The van der Waals surface area contributed by atoms with Gasteiger partial charge in [-0.05, 0) is 44.7 Å². The van der Waals surface area contributed by atoms with E-state index in [0.29, 0.717) is 37.3 Å². The smallest absolute Gasteiger partial charge is 0.228 e. The van der Waals surface area contributed by atoms with Crippen molar-refractivity contribution < 1.29 is 22.9 Å². The molecule has 8 heteroatoms. The predicted octanol–water partition coefficient (Wildman–Crippen LogP) is 3.64. The molecular formula is C18H19F2N3O3. The second-order valence-electron chi connectivity index (χ2n) is 6.45. The van der Waals surface area contributed by atoms with Crippen molar-refractivity contribution in [2.45, 2.75) is 32.6 Å². The summed E-state index contributed by atoms with van der Waals surface area (Å²) in [5.41, 5.74) is -0.432. The standard InChI is InChI=1S/C18H19F2N3O3/c1-10-9-15(23-26-10)21-17(24)11-5-7-12(8-6-11)18(25)22-16-13(19)3-2-4-14(16)20/h2-4,9,11-12H,5-8H2,1H3,(H,22,25)(H,21,23,24). The van der Waals surface area contributed by atoms with Crippen LogP contribution in [-0.4, -0.2) is 17.0 Å². The van der Waals surface area contributed by atoms with Crippen molar-refractivity contribution in [3.63, 3.8) is 0 Å². The van der Waals surface area contributed by atoms with E-state index in [1.165, 1.54) is 6.07 Å². The molecule has 1 aromatic heterocycles. The summed E-state index contributed by atoms with van der Waals surface area (Å²) in [5.74, 6) is -1.88. The Morgan fingerprint density at radius 3 is 2.08 bits per heavy atom. The molecule has 0 aliphatic heterocycles. The molecular weight excluding hydrogens is 344 g/mol. The number of hydrogen-bond donors (Lipinski definition) is 2. The molecule has 0 radical (unpaired) electrons. The Balaban J connectivity index is 1.53. The molecule has 1 saturated carbocycles. The Labute approximate surface area is 148 Å². The number of anilines is 2. The summed E-state index contributed by atoms with van der Waals surface area (Å²) in [6, 6.07) is 5.04. The number of nitrogens with zero attached hydrogens (tertiary/aromatic N) is 1. The van der Waals surface area contributed by atoms with Crippen LogP contribution in [0, 0.1) is 30.4 Å². The Hall–Kier alpha value is -2.77. The van der Waals surface area contributed by atoms with E-state index in [9.17, 15) is 18.4 Å². The molecule has 1 fully saturated rings. The maximum absolute atomic E-state index is 13.6.